The lowest BCUT2D eigenvalue weighted by Gasteiger charge is -2.23. The Morgan fingerprint density at radius 3 is 1.92 bits per heavy atom. The summed E-state index contributed by atoms with van der Waals surface area (Å²) in [5, 5.41) is 2.42. The zero-order valence-electron chi connectivity index (χ0n) is 15.1. The zero-order valence-corrected chi connectivity index (χ0v) is 15.1. The summed E-state index contributed by atoms with van der Waals surface area (Å²) in [4.78, 5) is 0. The molecule has 0 amide bonds. The van der Waals surface area contributed by atoms with Crippen LogP contribution < -0.4 is 9.47 Å². The molecule has 2 heteroatoms. The average Bonchev–Trinajstić information content (AvgIpc) is 3.22. The van der Waals surface area contributed by atoms with Gasteiger partial charge < -0.3 is 9.47 Å². The number of rotatable bonds is 5. The molecule has 130 valence electrons. The Kier molecular flexibility index (Phi) is 4.49. The molecular weight excluding hydrogens is 320 g/mol. The summed E-state index contributed by atoms with van der Waals surface area (Å²) < 4.78 is 10.7. The van der Waals surface area contributed by atoms with E-state index in [1.807, 2.05) is 18.2 Å². The molecule has 0 aromatic heterocycles. The summed E-state index contributed by atoms with van der Waals surface area (Å²) in [6, 6.07) is 21.4. The Balaban J connectivity index is 1.79. The normalized spacial score (nSPS) is 14.7. The minimum absolute atomic E-state index is 0.280. The minimum Gasteiger partial charge on any atom is -0.497 e. The maximum atomic E-state index is 5.34. The molecule has 4 rings (SSSR count). The van der Waals surface area contributed by atoms with E-state index >= 15 is 0 Å². The van der Waals surface area contributed by atoms with Gasteiger partial charge in [0.15, 0.2) is 0 Å². The van der Waals surface area contributed by atoms with E-state index in [0.717, 1.165) is 11.5 Å². The first-order valence-corrected chi connectivity index (χ1v) is 8.85. The number of hydrogen-bond acceptors (Lipinski definition) is 2. The molecular formula is C24H22O2. The molecule has 0 fully saturated rings. The maximum absolute atomic E-state index is 5.34. The van der Waals surface area contributed by atoms with Crippen molar-refractivity contribution in [2.24, 2.45) is 5.92 Å². The number of hydrogen-bond donors (Lipinski definition) is 0. The fourth-order valence-electron chi connectivity index (χ4n) is 3.68. The SMILES string of the molecule is COc1ccc(C(c2ccc3cc(OC)ccc3c2)C2C=CC=C2)cc1. The lowest BCUT2D eigenvalue weighted by atomic mass is 9.81. The molecule has 1 aliphatic carbocycles. The van der Waals surface area contributed by atoms with Gasteiger partial charge in [-0.05, 0) is 46.2 Å². The lowest BCUT2D eigenvalue weighted by molar-refractivity contribution is 0.414. The van der Waals surface area contributed by atoms with E-state index in [0.29, 0.717) is 5.92 Å². The van der Waals surface area contributed by atoms with Gasteiger partial charge >= 0.3 is 0 Å². The number of allylic oxidation sites excluding steroid dienone is 4. The van der Waals surface area contributed by atoms with Gasteiger partial charge in [0.1, 0.15) is 11.5 Å². The molecule has 1 atom stereocenters. The van der Waals surface area contributed by atoms with Crippen LogP contribution >= 0.6 is 0 Å². The van der Waals surface area contributed by atoms with E-state index < -0.39 is 0 Å². The van der Waals surface area contributed by atoms with Gasteiger partial charge in [0.2, 0.25) is 0 Å². The third kappa shape index (κ3) is 3.11. The number of methoxy groups -OCH3 is 2. The second kappa shape index (κ2) is 7.09. The molecule has 3 aromatic rings. The summed E-state index contributed by atoms with van der Waals surface area (Å²) in [5.41, 5.74) is 2.61. The zero-order chi connectivity index (χ0) is 17.9. The van der Waals surface area contributed by atoms with Crippen LogP contribution in [0.25, 0.3) is 10.8 Å². The summed E-state index contributed by atoms with van der Waals surface area (Å²) in [5.74, 6) is 2.41. The van der Waals surface area contributed by atoms with Crippen LogP contribution in [0, 0.1) is 5.92 Å². The molecule has 1 unspecified atom stereocenters. The Hall–Kier alpha value is -3.00. The monoisotopic (exact) mass is 342 g/mol. The quantitative estimate of drug-likeness (QED) is 0.589. The highest BCUT2D eigenvalue weighted by atomic mass is 16.5. The van der Waals surface area contributed by atoms with E-state index in [1.165, 1.54) is 21.9 Å². The third-order valence-corrected chi connectivity index (χ3v) is 5.07. The molecule has 3 aromatic carbocycles. The van der Waals surface area contributed by atoms with Crippen LogP contribution in [0.3, 0.4) is 0 Å². The number of benzene rings is 3. The third-order valence-electron chi connectivity index (χ3n) is 5.07. The van der Waals surface area contributed by atoms with Crippen molar-refractivity contribution in [1.29, 1.82) is 0 Å². The van der Waals surface area contributed by atoms with E-state index in [9.17, 15) is 0 Å². The molecule has 0 saturated carbocycles. The standard InChI is InChI=1S/C24H22O2/c1-25-22-12-9-18(10-13-22)24(17-5-3-4-6-17)21-8-7-20-16-23(26-2)14-11-19(20)15-21/h3-17,24H,1-2H3. The maximum Gasteiger partial charge on any atom is 0.119 e. The Bertz CT molecular complexity index is 955. The molecule has 0 bridgehead atoms. The summed E-state index contributed by atoms with van der Waals surface area (Å²) >= 11 is 0. The van der Waals surface area contributed by atoms with E-state index in [2.05, 4.69) is 66.8 Å². The molecule has 0 heterocycles. The highest BCUT2D eigenvalue weighted by Crippen LogP contribution is 2.37. The fourth-order valence-corrected chi connectivity index (χ4v) is 3.68. The molecule has 0 radical (unpaired) electrons. The topological polar surface area (TPSA) is 18.5 Å². The Labute approximate surface area is 154 Å². The van der Waals surface area contributed by atoms with Gasteiger partial charge in [0.05, 0.1) is 14.2 Å². The second-order valence-corrected chi connectivity index (χ2v) is 6.57. The summed E-state index contributed by atoms with van der Waals surface area (Å²) in [6.07, 6.45) is 8.81. The van der Waals surface area contributed by atoms with Gasteiger partial charge in [0, 0.05) is 11.8 Å². The average molecular weight is 342 g/mol. The van der Waals surface area contributed by atoms with Crippen molar-refractivity contribution in [3.05, 3.63) is 96.1 Å². The van der Waals surface area contributed by atoms with Gasteiger partial charge in [-0.15, -0.1) is 0 Å². The predicted molar refractivity (Wildman–Crippen MR) is 107 cm³/mol. The number of ether oxygens (including phenoxy) is 2. The van der Waals surface area contributed by atoms with Gasteiger partial charge in [-0.2, -0.15) is 0 Å². The van der Waals surface area contributed by atoms with Crippen molar-refractivity contribution in [3.63, 3.8) is 0 Å². The first kappa shape index (κ1) is 16.5. The van der Waals surface area contributed by atoms with Crippen LogP contribution in [0.4, 0.5) is 0 Å². The molecule has 2 nitrogen and oxygen atoms in total. The first-order chi connectivity index (χ1) is 12.8. The van der Waals surface area contributed by atoms with Crippen molar-refractivity contribution in [1.82, 2.24) is 0 Å². The van der Waals surface area contributed by atoms with E-state index in [1.54, 1.807) is 14.2 Å². The van der Waals surface area contributed by atoms with Crippen LogP contribution in [0.2, 0.25) is 0 Å². The van der Waals surface area contributed by atoms with Crippen molar-refractivity contribution < 1.29 is 9.47 Å². The van der Waals surface area contributed by atoms with Crippen LogP contribution in [-0.2, 0) is 0 Å². The molecule has 0 N–H and O–H groups in total. The van der Waals surface area contributed by atoms with Crippen LogP contribution in [0.15, 0.2) is 85.0 Å². The van der Waals surface area contributed by atoms with Gasteiger partial charge in [-0.25, -0.2) is 0 Å². The van der Waals surface area contributed by atoms with Crippen LogP contribution in [-0.4, -0.2) is 14.2 Å². The van der Waals surface area contributed by atoms with E-state index in [-0.39, 0.29) is 5.92 Å². The van der Waals surface area contributed by atoms with Crippen LogP contribution in [0.1, 0.15) is 17.0 Å². The molecule has 1 aliphatic rings. The van der Waals surface area contributed by atoms with Gasteiger partial charge in [-0.3, -0.25) is 0 Å². The summed E-state index contributed by atoms with van der Waals surface area (Å²) in [6.45, 7) is 0. The largest absolute Gasteiger partial charge is 0.497 e. The Morgan fingerprint density at radius 2 is 1.23 bits per heavy atom. The minimum atomic E-state index is 0.280. The molecule has 0 aliphatic heterocycles. The van der Waals surface area contributed by atoms with Gasteiger partial charge in [0.25, 0.3) is 0 Å². The van der Waals surface area contributed by atoms with E-state index in [4.69, 9.17) is 9.47 Å². The molecule has 0 spiro atoms. The highest BCUT2D eigenvalue weighted by molar-refractivity contribution is 5.84. The molecule has 0 saturated heterocycles. The van der Waals surface area contributed by atoms with Gasteiger partial charge in [-0.1, -0.05) is 60.7 Å². The van der Waals surface area contributed by atoms with Crippen molar-refractivity contribution in [2.75, 3.05) is 14.2 Å². The van der Waals surface area contributed by atoms with Crippen molar-refractivity contribution >= 4 is 10.8 Å². The molecule has 26 heavy (non-hydrogen) atoms. The predicted octanol–water partition coefficient (Wildman–Crippen LogP) is 5.73. The highest BCUT2D eigenvalue weighted by Gasteiger charge is 2.23. The second-order valence-electron chi connectivity index (χ2n) is 6.57. The summed E-state index contributed by atoms with van der Waals surface area (Å²) in [7, 11) is 3.40. The van der Waals surface area contributed by atoms with Crippen LogP contribution in [0.5, 0.6) is 11.5 Å². The Morgan fingerprint density at radius 1 is 0.654 bits per heavy atom. The van der Waals surface area contributed by atoms with Crippen molar-refractivity contribution in [2.45, 2.75) is 5.92 Å². The number of fused-ring (bicyclic) bond motifs is 1. The lowest BCUT2D eigenvalue weighted by Crippen LogP contribution is -2.09. The first-order valence-electron chi connectivity index (χ1n) is 8.85. The smallest absolute Gasteiger partial charge is 0.119 e. The fraction of sp³-hybridized carbons (Fsp3) is 0.167. The van der Waals surface area contributed by atoms with Crippen molar-refractivity contribution in [3.8, 4) is 11.5 Å².